The van der Waals surface area contributed by atoms with Crippen LogP contribution in [0, 0.1) is 0 Å². The molecule has 3 N–H and O–H groups in total. The second-order valence-electron chi connectivity index (χ2n) is 15.5. The van der Waals surface area contributed by atoms with Gasteiger partial charge in [0.15, 0.2) is 0 Å². The highest BCUT2D eigenvalue weighted by atomic mass is 16.5. The molecule has 0 aromatic carbocycles. The molecule has 0 bridgehead atoms. The van der Waals surface area contributed by atoms with Crippen LogP contribution in [0.2, 0.25) is 0 Å². The molecule has 0 radical (unpaired) electrons. The Hall–Kier alpha value is -3.48. The van der Waals surface area contributed by atoms with Gasteiger partial charge in [-0.25, -0.2) is 0 Å². The first-order chi connectivity index (χ1) is 29.0. The molecule has 334 valence electrons. The lowest BCUT2D eigenvalue weighted by atomic mass is 10.0. The van der Waals surface area contributed by atoms with E-state index in [1.165, 1.54) is 70.6 Å². The number of nitrogens with one attached hydrogen (secondary N) is 1. The zero-order chi connectivity index (χ0) is 43.1. The van der Waals surface area contributed by atoms with E-state index in [0.717, 1.165) is 64.2 Å². The van der Waals surface area contributed by atoms with E-state index in [2.05, 4.69) is 86.8 Å². The first-order valence-electron chi connectivity index (χ1n) is 23.7. The van der Waals surface area contributed by atoms with Crippen molar-refractivity contribution in [2.45, 2.75) is 206 Å². The van der Waals surface area contributed by atoms with Gasteiger partial charge in [0.1, 0.15) is 6.10 Å². The van der Waals surface area contributed by atoms with Gasteiger partial charge in [0, 0.05) is 6.42 Å². The fourth-order valence-corrected chi connectivity index (χ4v) is 6.39. The lowest BCUT2D eigenvalue weighted by Crippen LogP contribution is -2.46. The number of ether oxygens (including phenoxy) is 1. The molecule has 59 heavy (non-hydrogen) atoms. The van der Waals surface area contributed by atoms with Crippen molar-refractivity contribution in [2.75, 3.05) is 6.61 Å². The van der Waals surface area contributed by atoms with Crippen LogP contribution in [0.5, 0.6) is 0 Å². The predicted octanol–water partition coefficient (Wildman–Crippen LogP) is 13.9. The van der Waals surface area contributed by atoms with Crippen LogP contribution < -0.4 is 5.32 Å². The van der Waals surface area contributed by atoms with Gasteiger partial charge >= 0.3 is 5.97 Å². The average molecular weight is 818 g/mol. The van der Waals surface area contributed by atoms with Crippen LogP contribution in [0.25, 0.3) is 0 Å². The van der Waals surface area contributed by atoms with Crippen molar-refractivity contribution in [3.8, 4) is 0 Å². The summed E-state index contributed by atoms with van der Waals surface area (Å²) in [4.78, 5) is 26.0. The summed E-state index contributed by atoms with van der Waals surface area (Å²) in [5, 5.41) is 23.6. The summed E-state index contributed by atoms with van der Waals surface area (Å²) >= 11 is 0. The molecule has 1 amide bonds. The average Bonchev–Trinajstić information content (AvgIpc) is 3.23. The Morgan fingerprint density at radius 1 is 0.525 bits per heavy atom. The molecule has 0 aliphatic heterocycles. The molecule has 3 unspecified atom stereocenters. The van der Waals surface area contributed by atoms with Crippen LogP contribution in [0.4, 0.5) is 0 Å². The zero-order valence-corrected chi connectivity index (χ0v) is 37.8. The van der Waals surface area contributed by atoms with Crippen LogP contribution in [0.15, 0.2) is 109 Å². The number of rotatable bonds is 40. The van der Waals surface area contributed by atoms with E-state index in [1.807, 2.05) is 48.6 Å². The van der Waals surface area contributed by atoms with Gasteiger partial charge in [-0.2, -0.15) is 0 Å². The van der Waals surface area contributed by atoms with E-state index >= 15 is 0 Å². The van der Waals surface area contributed by atoms with Crippen LogP contribution >= 0.6 is 0 Å². The van der Waals surface area contributed by atoms with Crippen molar-refractivity contribution < 1.29 is 24.5 Å². The topological polar surface area (TPSA) is 95.9 Å². The maximum absolute atomic E-state index is 13.1. The number of esters is 1. The minimum Gasteiger partial charge on any atom is -0.462 e. The standard InChI is InChI=1S/C53H87NO5/c1-4-7-10-13-16-19-22-24-25-26-27-29-31-34-37-40-43-46-53(58)59-49(44-41-38-35-32-30-28-23-20-17-14-11-8-5-2)47-52(57)54-50(48-55)51(56)45-42-39-36-33-21-18-15-12-9-6-3/h8,11,14,16-17,19-20,23-25,27-30,32,34-35,37,49-51,55-56H,4-7,9-10,12-13,15,18,21-22,26,31,33,36,38-48H2,1-3H3,(H,54,57)/b11-8+,17-14+,19-16-,23-20-,25-24-,29-27-,30-28-,35-32+,37-34-. The van der Waals surface area contributed by atoms with E-state index in [4.69, 9.17) is 4.74 Å². The Morgan fingerprint density at radius 2 is 1.00 bits per heavy atom. The largest absolute Gasteiger partial charge is 0.462 e. The molecule has 6 nitrogen and oxygen atoms in total. The summed E-state index contributed by atoms with van der Waals surface area (Å²) in [5.74, 6) is -0.627. The molecular formula is C53H87NO5. The number of amides is 1. The lowest BCUT2D eigenvalue weighted by molar-refractivity contribution is -0.151. The fraction of sp³-hybridized carbons (Fsp3) is 0.623. The van der Waals surface area contributed by atoms with Crippen molar-refractivity contribution in [3.63, 3.8) is 0 Å². The Morgan fingerprint density at radius 3 is 1.56 bits per heavy atom. The molecule has 6 heteroatoms. The Labute approximate surface area is 362 Å². The van der Waals surface area contributed by atoms with Crippen LogP contribution in [0.3, 0.4) is 0 Å². The first-order valence-corrected chi connectivity index (χ1v) is 23.7. The molecule has 0 rings (SSSR count). The number of unbranched alkanes of at least 4 members (excludes halogenated alkanes) is 14. The fourth-order valence-electron chi connectivity index (χ4n) is 6.39. The molecule has 0 spiro atoms. The van der Waals surface area contributed by atoms with E-state index in [0.29, 0.717) is 19.3 Å². The van der Waals surface area contributed by atoms with E-state index in [1.54, 1.807) is 0 Å². The third kappa shape index (κ3) is 41.1. The number of hydrogen-bond acceptors (Lipinski definition) is 5. The van der Waals surface area contributed by atoms with E-state index < -0.39 is 18.2 Å². The van der Waals surface area contributed by atoms with Crippen LogP contribution in [0.1, 0.15) is 188 Å². The minimum absolute atomic E-state index is 0.000234. The van der Waals surface area contributed by atoms with Crippen molar-refractivity contribution in [1.29, 1.82) is 0 Å². The van der Waals surface area contributed by atoms with Gasteiger partial charge in [0.25, 0.3) is 0 Å². The molecule has 0 saturated carbocycles. The summed E-state index contributed by atoms with van der Waals surface area (Å²) in [6.45, 7) is 6.24. The lowest BCUT2D eigenvalue weighted by Gasteiger charge is -2.24. The van der Waals surface area contributed by atoms with Gasteiger partial charge in [0.2, 0.25) is 5.91 Å². The molecule has 0 aromatic rings. The second kappa shape index (κ2) is 45.6. The third-order valence-corrected chi connectivity index (χ3v) is 9.96. The molecule has 0 aliphatic rings. The molecule has 0 fully saturated rings. The smallest absolute Gasteiger partial charge is 0.306 e. The molecule has 0 heterocycles. The van der Waals surface area contributed by atoms with Gasteiger partial charge in [0.05, 0.1) is 25.2 Å². The normalized spacial score (nSPS) is 14.3. The number of aliphatic hydroxyl groups excluding tert-OH is 2. The highest BCUT2D eigenvalue weighted by Gasteiger charge is 2.23. The molecule has 0 saturated heterocycles. The first kappa shape index (κ1) is 55.5. The Kier molecular flexibility index (Phi) is 42.9. The monoisotopic (exact) mass is 818 g/mol. The van der Waals surface area contributed by atoms with Crippen LogP contribution in [-0.4, -0.2) is 46.9 Å². The van der Waals surface area contributed by atoms with Gasteiger partial charge in [-0.05, 0) is 77.0 Å². The number of carbonyl (C=O) groups excluding carboxylic acids is 2. The zero-order valence-electron chi connectivity index (χ0n) is 37.8. The van der Waals surface area contributed by atoms with Gasteiger partial charge in [-0.15, -0.1) is 0 Å². The molecule has 0 aliphatic carbocycles. The molecule has 0 aromatic heterocycles. The SMILES string of the molecule is CC/C=C/C=C/C=C\C=C/C=C/CCCC(CC(=O)NC(CO)C(O)CCCCCCCCCCCC)OC(=O)CCC/C=C\C/C=C\C/C=C\C/C=C\CCCCC. The quantitative estimate of drug-likeness (QED) is 0.0248. The van der Waals surface area contributed by atoms with Crippen molar-refractivity contribution >= 4 is 11.9 Å². The number of hydrogen-bond donors (Lipinski definition) is 3. The number of allylic oxidation sites excluding steroid dienone is 18. The summed E-state index contributed by atoms with van der Waals surface area (Å²) in [6.07, 6.45) is 61.5. The van der Waals surface area contributed by atoms with Gasteiger partial charge in [-0.3, -0.25) is 9.59 Å². The number of aliphatic hydroxyl groups is 2. The second-order valence-corrected chi connectivity index (χ2v) is 15.5. The van der Waals surface area contributed by atoms with Gasteiger partial charge < -0.3 is 20.3 Å². The van der Waals surface area contributed by atoms with Crippen LogP contribution in [-0.2, 0) is 14.3 Å². The van der Waals surface area contributed by atoms with Gasteiger partial charge in [-0.1, -0.05) is 207 Å². The molecule has 3 atom stereocenters. The predicted molar refractivity (Wildman–Crippen MR) is 254 cm³/mol. The van der Waals surface area contributed by atoms with Crippen molar-refractivity contribution in [2.24, 2.45) is 0 Å². The summed E-state index contributed by atoms with van der Waals surface area (Å²) < 4.78 is 5.84. The Balaban J connectivity index is 4.83. The van der Waals surface area contributed by atoms with E-state index in [9.17, 15) is 19.8 Å². The summed E-state index contributed by atoms with van der Waals surface area (Å²) in [6, 6.07) is -0.741. The van der Waals surface area contributed by atoms with Crippen molar-refractivity contribution in [1.82, 2.24) is 5.32 Å². The summed E-state index contributed by atoms with van der Waals surface area (Å²) in [5.41, 5.74) is 0. The highest BCUT2D eigenvalue weighted by molar-refractivity contribution is 5.77. The summed E-state index contributed by atoms with van der Waals surface area (Å²) in [7, 11) is 0. The molecular weight excluding hydrogens is 731 g/mol. The Bertz CT molecular complexity index is 1240. The maximum Gasteiger partial charge on any atom is 0.306 e. The third-order valence-electron chi connectivity index (χ3n) is 9.96. The number of carbonyl (C=O) groups is 2. The van der Waals surface area contributed by atoms with Crippen molar-refractivity contribution in [3.05, 3.63) is 109 Å². The van der Waals surface area contributed by atoms with E-state index in [-0.39, 0.29) is 31.3 Å². The maximum atomic E-state index is 13.1. The minimum atomic E-state index is -0.821. The highest BCUT2D eigenvalue weighted by Crippen LogP contribution is 2.15.